The Labute approximate surface area is 152 Å². The van der Waals surface area contributed by atoms with Crippen LogP contribution >= 0.6 is 0 Å². The summed E-state index contributed by atoms with van der Waals surface area (Å²) in [6.07, 6.45) is 4.11. The Kier molecular flexibility index (Phi) is 5.52. The molecule has 1 N–H and O–H groups in total. The average Bonchev–Trinajstić information content (AvgIpc) is 2.64. The summed E-state index contributed by atoms with van der Waals surface area (Å²) >= 11 is 0. The highest BCUT2D eigenvalue weighted by atomic mass is 19.1. The van der Waals surface area contributed by atoms with Crippen molar-refractivity contribution in [2.75, 3.05) is 13.7 Å². The van der Waals surface area contributed by atoms with Crippen LogP contribution in [-0.4, -0.2) is 40.7 Å². The lowest BCUT2D eigenvalue weighted by atomic mass is 9.94. The molecule has 6 heteroatoms. The van der Waals surface area contributed by atoms with E-state index in [9.17, 15) is 14.3 Å². The maximum atomic E-state index is 14.3. The van der Waals surface area contributed by atoms with Gasteiger partial charge in [-0.15, -0.1) is 0 Å². The van der Waals surface area contributed by atoms with Crippen molar-refractivity contribution in [3.8, 4) is 5.75 Å². The van der Waals surface area contributed by atoms with Crippen LogP contribution in [0.2, 0.25) is 0 Å². The normalized spacial score (nSPS) is 19.1. The highest BCUT2D eigenvalue weighted by molar-refractivity contribution is 5.73. The van der Waals surface area contributed by atoms with Gasteiger partial charge < -0.3 is 9.84 Å². The number of hydrogen-bond acceptors (Lipinski definition) is 4. The SMILES string of the molecule is COc1ccc(C(c2ccc(C)cn2)N2CCCCC2C(=O)O)cc1F. The third kappa shape index (κ3) is 3.70. The van der Waals surface area contributed by atoms with E-state index >= 15 is 0 Å². The minimum Gasteiger partial charge on any atom is -0.494 e. The number of likely N-dealkylation sites (tertiary alicyclic amines) is 1. The van der Waals surface area contributed by atoms with Crippen LogP contribution in [0.3, 0.4) is 0 Å². The second-order valence-electron chi connectivity index (χ2n) is 6.64. The summed E-state index contributed by atoms with van der Waals surface area (Å²) in [5, 5.41) is 9.68. The molecule has 3 rings (SSSR count). The molecule has 1 aromatic carbocycles. The second-order valence-corrected chi connectivity index (χ2v) is 6.64. The minimum absolute atomic E-state index is 0.165. The number of piperidine rings is 1. The number of carboxylic acid groups (broad SMARTS) is 1. The number of rotatable bonds is 5. The number of nitrogens with zero attached hydrogens (tertiary/aromatic N) is 2. The molecular formula is C20H23FN2O3. The molecule has 2 atom stereocenters. The molecule has 2 aromatic rings. The van der Waals surface area contributed by atoms with Crippen molar-refractivity contribution in [2.45, 2.75) is 38.3 Å². The van der Waals surface area contributed by atoms with Crippen molar-refractivity contribution in [3.63, 3.8) is 0 Å². The fourth-order valence-corrected chi connectivity index (χ4v) is 3.55. The highest BCUT2D eigenvalue weighted by Gasteiger charge is 2.36. The molecule has 26 heavy (non-hydrogen) atoms. The van der Waals surface area contributed by atoms with Crippen LogP contribution in [0.15, 0.2) is 36.5 Å². The van der Waals surface area contributed by atoms with Gasteiger partial charge in [-0.1, -0.05) is 18.6 Å². The number of aryl methyl sites for hydroxylation is 1. The third-order valence-corrected chi connectivity index (χ3v) is 4.87. The van der Waals surface area contributed by atoms with E-state index < -0.39 is 23.9 Å². The minimum atomic E-state index is -0.851. The molecule has 5 nitrogen and oxygen atoms in total. The zero-order chi connectivity index (χ0) is 18.7. The fourth-order valence-electron chi connectivity index (χ4n) is 3.55. The van der Waals surface area contributed by atoms with Crippen LogP contribution < -0.4 is 4.74 Å². The van der Waals surface area contributed by atoms with Gasteiger partial charge in [-0.3, -0.25) is 14.7 Å². The smallest absolute Gasteiger partial charge is 0.320 e. The van der Waals surface area contributed by atoms with Gasteiger partial charge in [-0.05, 0) is 55.6 Å². The number of benzene rings is 1. The van der Waals surface area contributed by atoms with Crippen LogP contribution in [0.25, 0.3) is 0 Å². The summed E-state index contributed by atoms with van der Waals surface area (Å²) in [5.74, 6) is -1.15. The molecule has 1 aliphatic heterocycles. The molecule has 0 radical (unpaired) electrons. The lowest BCUT2D eigenvalue weighted by Crippen LogP contribution is -2.47. The van der Waals surface area contributed by atoms with Crippen LogP contribution in [0.1, 0.15) is 42.1 Å². The van der Waals surface area contributed by atoms with Crippen LogP contribution in [0.5, 0.6) is 5.75 Å². The first-order valence-electron chi connectivity index (χ1n) is 8.76. The summed E-state index contributed by atoms with van der Waals surface area (Å²) in [7, 11) is 1.42. The maximum absolute atomic E-state index is 14.3. The molecule has 0 saturated carbocycles. The van der Waals surface area contributed by atoms with Crippen LogP contribution in [0, 0.1) is 12.7 Å². The maximum Gasteiger partial charge on any atom is 0.320 e. The topological polar surface area (TPSA) is 62.7 Å². The van der Waals surface area contributed by atoms with E-state index in [1.54, 1.807) is 18.3 Å². The number of aliphatic carboxylic acids is 1. The van der Waals surface area contributed by atoms with Crippen molar-refractivity contribution in [1.29, 1.82) is 0 Å². The Bertz CT molecular complexity index is 779. The summed E-state index contributed by atoms with van der Waals surface area (Å²) in [6, 6.07) is 7.57. The van der Waals surface area contributed by atoms with Crippen molar-refractivity contribution in [1.82, 2.24) is 9.88 Å². The Morgan fingerprint density at radius 2 is 2.15 bits per heavy atom. The van der Waals surface area contributed by atoms with Gasteiger partial charge in [0.1, 0.15) is 6.04 Å². The van der Waals surface area contributed by atoms with Gasteiger partial charge >= 0.3 is 5.97 Å². The van der Waals surface area contributed by atoms with Crippen molar-refractivity contribution in [2.24, 2.45) is 0 Å². The molecule has 2 unspecified atom stereocenters. The first-order valence-corrected chi connectivity index (χ1v) is 8.76. The molecule has 0 amide bonds. The summed E-state index contributed by atoms with van der Waals surface area (Å²) in [6.45, 7) is 2.57. The number of carbonyl (C=O) groups is 1. The summed E-state index contributed by atoms with van der Waals surface area (Å²) in [5.41, 5.74) is 2.41. The number of halogens is 1. The number of pyridine rings is 1. The molecule has 1 aliphatic rings. The number of hydrogen-bond donors (Lipinski definition) is 1. The van der Waals surface area contributed by atoms with Gasteiger partial charge in [0.05, 0.1) is 18.8 Å². The van der Waals surface area contributed by atoms with E-state index in [1.807, 2.05) is 24.0 Å². The molecule has 0 bridgehead atoms. The Hall–Kier alpha value is -2.47. The molecule has 0 aliphatic carbocycles. The molecule has 0 spiro atoms. The Morgan fingerprint density at radius 3 is 2.77 bits per heavy atom. The summed E-state index contributed by atoms with van der Waals surface area (Å²) in [4.78, 5) is 18.2. The van der Waals surface area contributed by atoms with Gasteiger partial charge in [0, 0.05) is 6.20 Å². The molecule has 2 heterocycles. The zero-order valence-electron chi connectivity index (χ0n) is 15.0. The van der Waals surface area contributed by atoms with Crippen molar-refractivity contribution < 1.29 is 19.0 Å². The Balaban J connectivity index is 2.08. The second kappa shape index (κ2) is 7.83. The van der Waals surface area contributed by atoms with Crippen molar-refractivity contribution >= 4 is 5.97 Å². The van der Waals surface area contributed by atoms with E-state index in [4.69, 9.17) is 4.74 Å². The lowest BCUT2D eigenvalue weighted by molar-refractivity contribution is -0.145. The predicted octanol–water partition coefficient (Wildman–Crippen LogP) is 3.57. The molecule has 1 aromatic heterocycles. The third-order valence-electron chi connectivity index (χ3n) is 4.87. The molecule has 1 fully saturated rings. The first kappa shape index (κ1) is 18.3. The van der Waals surface area contributed by atoms with Gasteiger partial charge in [0.2, 0.25) is 0 Å². The molecule has 1 saturated heterocycles. The van der Waals surface area contributed by atoms with Gasteiger partial charge in [-0.2, -0.15) is 0 Å². The first-order chi connectivity index (χ1) is 12.5. The monoisotopic (exact) mass is 358 g/mol. The lowest BCUT2D eigenvalue weighted by Gasteiger charge is -2.39. The van der Waals surface area contributed by atoms with Crippen molar-refractivity contribution in [3.05, 3.63) is 59.2 Å². The largest absolute Gasteiger partial charge is 0.494 e. The van der Waals surface area contributed by atoms with Gasteiger partial charge in [0.15, 0.2) is 11.6 Å². The number of methoxy groups -OCH3 is 1. The van der Waals surface area contributed by atoms with Crippen LogP contribution in [-0.2, 0) is 4.79 Å². The zero-order valence-corrected chi connectivity index (χ0v) is 15.0. The van der Waals surface area contributed by atoms with E-state index in [0.29, 0.717) is 24.2 Å². The number of carboxylic acids is 1. The molecular weight excluding hydrogens is 335 g/mol. The fraction of sp³-hybridized carbons (Fsp3) is 0.400. The number of aromatic nitrogens is 1. The van der Waals surface area contributed by atoms with E-state index in [0.717, 1.165) is 18.4 Å². The number of ether oxygens (including phenoxy) is 1. The standard InChI is InChI=1S/C20H23FN2O3/c1-13-6-8-16(22-12-13)19(14-7-9-18(26-2)15(21)11-14)23-10-4-3-5-17(23)20(24)25/h6-9,11-12,17,19H,3-5,10H2,1-2H3,(H,24,25). The van der Waals surface area contributed by atoms with Gasteiger partial charge in [-0.25, -0.2) is 4.39 Å². The molecule has 138 valence electrons. The quantitative estimate of drug-likeness (QED) is 0.885. The highest BCUT2D eigenvalue weighted by Crippen LogP contribution is 2.35. The van der Waals surface area contributed by atoms with E-state index in [2.05, 4.69) is 4.98 Å². The van der Waals surface area contributed by atoms with E-state index in [-0.39, 0.29) is 5.75 Å². The predicted molar refractivity (Wildman–Crippen MR) is 95.7 cm³/mol. The average molecular weight is 358 g/mol. The Morgan fingerprint density at radius 1 is 1.35 bits per heavy atom. The van der Waals surface area contributed by atoms with Crippen LogP contribution in [0.4, 0.5) is 4.39 Å². The summed E-state index contributed by atoms with van der Waals surface area (Å²) < 4.78 is 19.3. The van der Waals surface area contributed by atoms with Gasteiger partial charge in [0.25, 0.3) is 0 Å². The van der Waals surface area contributed by atoms with E-state index in [1.165, 1.54) is 13.2 Å².